The maximum atomic E-state index is 6.48. The van der Waals surface area contributed by atoms with Gasteiger partial charge in [0.15, 0.2) is 0 Å². The topological polar surface area (TPSA) is 34.1 Å². The number of fused-ring (bicyclic) bond motifs is 3. The molecule has 0 radical (unpaired) electrons. The normalized spacial score (nSPS) is 18.3. The van der Waals surface area contributed by atoms with Crippen LogP contribution in [-0.4, -0.2) is 10.7 Å². The molecule has 0 N–H and O–H groups in total. The lowest BCUT2D eigenvalue weighted by molar-refractivity contribution is -0.0190. The van der Waals surface area contributed by atoms with Gasteiger partial charge >= 0.3 is 0 Å². The van der Waals surface area contributed by atoms with Crippen LogP contribution in [0.3, 0.4) is 0 Å². The Morgan fingerprint density at radius 1 is 0.914 bits per heavy atom. The first-order valence-electron chi connectivity index (χ1n) is 11.8. The molecule has 0 aliphatic carbocycles. The number of nitrogens with zero attached hydrogens (tertiary/aromatic N) is 2. The van der Waals surface area contributed by atoms with Crippen LogP contribution < -0.4 is 9.47 Å². The molecule has 4 aromatic carbocycles. The Bertz CT molecular complexity index is 1370. The monoisotopic (exact) mass is 480 g/mol. The van der Waals surface area contributed by atoms with Crippen molar-refractivity contribution in [2.24, 2.45) is 5.10 Å². The summed E-state index contributed by atoms with van der Waals surface area (Å²) < 4.78 is 12.5. The van der Waals surface area contributed by atoms with Crippen molar-refractivity contribution in [3.05, 3.63) is 130 Å². The van der Waals surface area contributed by atoms with Crippen molar-refractivity contribution in [2.45, 2.75) is 32.2 Å². The van der Waals surface area contributed by atoms with Gasteiger partial charge in [0.25, 0.3) is 0 Å². The van der Waals surface area contributed by atoms with Gasteiger partial charge in [-0.05, 0) is 60.5 Å². The highest BCUT2D eigenvalue weighted by molar-refractivity contribution is 6.30. The quantitative estimate of drug-likeness (QED) is 0.297. The Morgan fingerprint density at radius 2 is 1.66 bits per heavy atom. The van der Waals surface area contributed by atoms with Crippen LogP contribution in [0.4, 0.5) is 0 Å². The number of hydrazone groups is 1. The third-order valence-electron chi connectivity index (χ3n) is 6.57. The molecule has 0 bridgehead atoms. The fraction of sp³-hybridized carbons (Fsp3) is 0.167. The summed E-state index contributed by atoms with van der Waals surface area (Å²) in [5.74, 6) is 1.73. The SMILES string of the molecule is Cc1ccc(C2=NN3[C@@H](c4ccc(OCc5ccc(Cl)cc5)cc4)Oc4ccccc4[C@@H]3C2)cc1. The number of hydrogen-bond acceptors (Lipinski definition) is 4. The van der Waals surface area contributed by atoms with Gasteiger partial charge in [-0.3, -0.25) is 0 Å². The number of benzene rings is 4. The van der Waals surface area contributed by atoms with Crippen LogP contribution >= 0.6 is 11.6 Å². The standard InChI is InChI=1S/C30H25ClN2O2/c1-20-6-10-22(11-7-20)27-18-28-26-4-2-3-5-29(26)35-30(33(28)32-27)23-12-16-25(17-13-23)34-19-21-8-14-24(31)15-9-21/h2-17,28,30H,18-19H2,1H3/t28-,30+/m0/s1. The highest BCUT2D eigenvalue weighted by atomic mass is 35.5. The van der Waals surface area contributed by atoms with E-state index in [4.69, 9.17) is 26.2 Å². The van der Waals surface area contributed by atoms with E-state index >= 15 is 0 Å². The van der Waals surface area contributed by atoms with Crippen LogP contribution in [0.5, 0.6) is 11.5 Å². The summed E-state index contributed by atoms with van der Waals surface area (Å²) in [5.41, 5.74) is 6.78. The molecule has 2 heterocycles. The van der Waals surface area contributed by atoms with Gasteiger partial charge in [-0.2, -0.15) is 5.10 Å². The third-order valence-corrected chi connectivity index (χ3v) is 6.82. The Labute approximate surface area is 210 Å². The molecule has 35 heavy (non-hydrogen) atoms. The van der Waals surface area contributed by atoms with Crippen LogP contribution in [-0.2, 0) is 6.61 Å². The summed E-state index contributed by atoms with van der Waals surface area (Å²) in [6, 6.07) is 32.8. The van der Waals surface area contributed by atoms with Gasteiger partial charge in [0.2, 0.25) is 6.23 Å². The predicted molar refractivity (Wildman–Crippen MR) is 139 cm³/mol. The molecule has 6 rings (SSSR count). The lowest BCUT2D eigenvalue weighted by atomic mass is 9.95. The van der Waals surface area contributed by atoms with Crippen LogP contribution in [0.25, 0.3) is 0 Å². The van der Waals surface area contributed by atoms with E-state index in [1.807, 2.05) is 48.5 Å². The van der Waals surface area contributed by atoms with E-state index in [9.17, 15) is 0 Å². The average Bonchev–Trinajstić information content (AvgIpc) is 3.34. The predicted octanol–water partition coefficient (Wildman–Crippen LogP) is 7.47. The largest absolute Gasteiger partial charge is 0.489 e. The van der Waals surface area contributed by atoms with Crippen LogP contribution in [0.1, 0.15) is 46.5 Å². The maximum Gasteiger partial charge on any atom is 0.213 e. The summed E-state index contributed by atoms with van der Waals surface area (Å²) in [7, 11) is 0. The molecule has 0 saturated heterocycles. The van der Waals surface area contributed by atoms with Crippen molar-refractivity contribution in [1.82, 2.24) is 5.01 Å². The van der Waals surface area contributed by atoms with Crippen molar-refractivity contribution >= 4 is 17.3 Å². The van der Waals surface area contributed by atoms with Crippen molar-refractivity contribution in [3.8, 4) is 11.5 Å². The van der Waals surface area contributed by atoms with Crippen LogP contribution in [0.2, 0.25) is 5.02 Å². The van der Waals surface area contributed by atoms with Gasteiger partial charge in [0, 0.05) is 22.6 Å². The van der Waals surface area contributed by atoms with Gasteiger partial charge in [-0.1, -0.05) is 71.8 Å². The second-order valence-corrected chi connectivity index (χ2v) is 9.44. The molecule has 0 amide bonds. The molecule has 4 aromatic rings. The number of hydrogen-bond donors (Lipinski definition) is 0. The molecule has 2 aliphatic heterocycles. The minimum atomic E-state index is -0.303. The lowest BCUT2D eigenvalue weighted by Gasteiger charge is -2.38. The van der Waals surface area contributed by atoms with E-state index in [0.717, 1.165) is 45.3 Å². The number of para-hydroxylation sites is 1. The number of rotatable bonds is 5. The Morgan fingerprint density at radius 3 is 2.43 bits per heavy atom. The van der Waals surface area contributed by atoms with E-state index in [1.54, 1.807) is 0 Å². The molecule has 0 aromatic heterocycles. The second-order valence-electron chi connectivity index (χ2n) is 9.00. The molecule has 0 unspecified atom stereocenters. The molecule has 5 heteroatoms. The molecular weight excluding hydrogens is 456 g/mol. The summed E-state index contributed by atoms with van der Waals surface area (Å²) in [6.45, 7) is 2.59. The fourth-order valence-electron chi connectivity index (χ4n) is 4.65. The molecule has 0 fully saturated rings. The molecule has 174 valence electrons. The number of ether oxygens (including phenoxy) is 2. The molecular formula is C30H25ClN2O2. The molecule has 0 spiro atoms. The minimum Gasteiger partial charge on any atom is -0.489 e. The molecule has 0 saturated carbocycles. The summed E-state index contributed by atoms with van der Waals surface area (Å²) in [4.78, 5) is 0. The van der Waals surface area contributed by atoms with Crippen LogP contribution in [0, 0.1) is 6.92 Å². The first kappa shape index (κ1) is 21.8. The fourth-order valence-corrected chi connectivity index (χ4v) is 4.78. The Kier molecular flexibility index (Phi) is 5.67. The average molecular weight is 481 g/mol. The third kappa shape index (κ3) is 4.38. The van der Waals surface area contributed by atoms with E-state index in [0.29, 0.717) is 6.61 Å². The van der Waals surface area contributed by atoms with Crippen molar-refractivity contribution < 1.29 is 9.47 Å². The van der Waals surface area contributed by atoms with Gasteiger partial charge in [0.05, 0.1) is 11.8 Å². The van der Waals surface area contributed by atoms with E-state index in [2.05, 4.69) is 60.5 Å². The van der Waals surface area contributed by atoms with Gasteiger partial charge in [0.1, 0.15) is 18.1 Å². The second kappa shape index (κ2) is 9.12. The Hall–Kier alpha value is -3.76. The van der Waals surface area contributed by atoms with E-state index in [-0.39, 0.29) is 12.3 Å². The van der Waals surface area contributed by atoms with Gasteiger partial charge in [-0.15, -0.1) is 0 Å². The zero-order valence-electron chi connectivity index (χ0n) is 19.4. The first-order valence-corrected chi connectivity index (χ1v) is 12.2. The summed E-state index contributed by atoms with van der Waals surface area (Å²) >= 11 is 5.97. The molecule has 2 aliphatic rings. The zero-order chi connectivity index (χ0) is 23.8. The smallest absolute Gasteiger partial charge is 0.213 e. The van der Waals surface area contributed by atoms with Gasteiger partial charge < -0.3 is 9.47 Å². The maximum absolute atomic E-state index is 6.48. The minimum absolute atomic E-state index is 0.141. The zero-order valence-corrected chi connectivity index (χ0v) is 20.2. The van der Waals surface area contributed by atoms with E-state index < -0.39 is 0 Å². The van der Waals surface area contributed by atoms with Crippen molar-refractivity contribution in [2.75, 3.05) is 0 Å². The highest BCUT2D eigenvalue weighted by Gasteiger charge is 2.40. The van der Waals surface area contributed by atoms with Crippen molar-refractivity contribution in [1.29, 1.82) is 0 Å². The van der Waals surface area contributed by atoms with E-state index in [1.165, 1.54) is 11.1 Å². The number of aryl methyl sites for hydroxylation is 1. The van der Waals surface area contributed by atoms with Gasteiger partial charge in [-0.25, -0.2) is 5.01 Å². The first-order chi connectivity index (χ1) is 17.1. The lowest BCUT2D eigenvalue weighted by Crippen LogP contribution is -2.33. The number of halogens is 1. The summed E-state index contributed by atoms with van der Waals surface area (Å²) in [6.07, 6.45) is 0.547. The molecule has 2 atom stereocenters. The van der Waals surface area contributed by atoms with Crippen LogP contribution in [0.15, 0.2) is 102 Å². The summed E-state index contributed by atoms with van der Waals surface area (Å²) in [5, 5.41) is 7.89. The van der Waals surface area contributed by atoms with Crippen molar-refractivity contribution in [3.63, 3.8) is 0 Å². The highest BCUT2D eigenvalue weighted by Crippen LogP contribution is 2.47. The molecule has 4 nitrogen and oxygen atoms in total. The Balaban J connectivity index is 1.26.